The molecule has 0 aliphatic carbocycles. The fraction of sp³-hybridized carbons (Fsp3) is 0.300. The van der Waals surface area contributed by atoms with Gasteiger partial charge in [-0.1, -0.05) is 12.1 Å². The first-order valence-corrected chi connectivity index (χ1v) is 4.45. The molecule has 0 amide bonds. The number of rotatable bonds is 5. The molecule has 4 N–H and O–H groups in total. The summed E-state index contributed by atoms with van der Waals surface area (Å²) in [5, 5.41) is 11.4. The van der Waals surface area contributed by atoms with Gasteiger partial charge in [-0.2, -0.15) is 0 Å². The lowest BCUT2D eigenvalue weighted by Gasteiger charge is -2.03. The van der Waals surface area contributed by atoms with Crippen LogP contribution < -0.4 is 11.1 Å². The molecule has 14 heavy (non-hydrogen) atoms. The number of aliphatic carboxylic acids is 1. The maximum Gasteiger partial charge on any atom is 0.304 e. The van der Waals surface area contributed by atoms with Crippen molar-refractivity contribution in [2.45, 2.75) is 13.0 Å². The summed E-state index contributed by atoms with van der Waals surface area (Å²) in [7, 11) is 0. The molecule has 0 saturated heterocycles. The number of nitrogens with one attached hydrogen (secondary N) is 1. The number of anilines is 1. The topological polar surface area (TPSA) is 75.3 Å². The van der Waals surface area contributed by atoms with E-state index < -0.39 is 5.97 Å². The highest BCUT2D eigenvalue weighted by molar-refractivity contribution is 5.66. The van der Waals surface area contributed by atoms with E-state index in [2.05, 4.69) is 5.32 Å². The second-order valence-electron chi connectivity index (χ2n) is 3.06. The summed E-state index contributed by atoms with van der Waals surface area (Å²) >= 11 is 0. The van der Waals surface area contributed by atoms with Crippen LogP contribution in [0, 0.1) is 0 Å². The van der Waals surface area contributed by atoms with Crippen molar-refractivity contribution >= 4 is 11.7 Å². The van der Waals surface area contributed by atoms with E-state index in [9.17, 15) is 4.79 Å². The molecule has 0 heterocycles. The largest absolute Gasteiger partial charge is 0.481 e. The number of nitrogens with two attached hydrogens (primary N) is 1. The fourth-order valence-corrected chi connectivity index (χ4v) is 1.06. The van der Waals surface area contributed by atoms with Crippen molar-refractivity contribution in [1.82, 2.24) is 5.32 Å². The number of carboxylic acids is 1. The molecule has 0 aromatic heterocycles. The summed E-state index contributed by atoms with van der Waals surface area (Å²) < 4.78 is 0. The highest BCUT2D eigenvalue weighted by Crippen LogP contribution is 2.04. The Morgan fingerprint density at radius 3 is 2.57 bits per heavy atom. The zero-order valence-electron chi connectivity index (χ0n) is 7.86. The molecule has 4 heteroatoms. The average molecular weight is 194 g/mol. The van der Waals surface area contributed by atoms with Gasteiger partial charge in [-0.15, -0.1) is 0 Å². The molecule has 0 bridgehead atoms. The van der Waals surface area contributed by atoms with Gasteiger partial charge >= 0.3 is 5.97 Å². The van der Waals surface area contributed by atoms with Gasteiger partial charge in [0.2, 0.25) is 0 Å². The molecule has 0 radical (unpaired) electrons. The number of carboxylic acid groups (broad SMARTS) is 1. The number of hydrogen-bond acceptors (Lipinski definition) is 3. The van der Waals surface area contributed by atoms with E-state index in [-0.39, 0.29) is 6.42 Å². The van der Waals surface area contributed by atoms with E-state index in [1.54, 1.807) is 0 Å². The van der Waals surface area contributed by atoms with Crippen molar-refractivity contribution in [3.63, 3.8) is 0 Å². The van der Waals surface area contributed by atoms with Crippen LogP contribution >= 0.6 is 0 Å². The Balaban J connectivity index is 2.25. The van der Waals surface area contributed by atoms with E-state index in [1.807, 2.05) is 24.3 Å². The predicted octanol–water partition coefficient (Wildman–Crippen LogP) is 0.833. The summed E-state index contributed by atoms with van der Waals surface area (Å²) in [5.41, 5.74) is 7.36. The Morgan fingerprint density at radius 1 is 1.36 bits per heavy atom. The lowest BCUT2D eigenvalue weighted by atomic mass is 10.2. The minimum absolute atomic E-state index is 0.148. The first-order valence-electron chi connectivity index (χ1n) is 4.45. The van der Waals surface area contributed by atoms with Crippen LogP contribution in [-0.4, -0.2) is 17.6 Å². The van der Waals surface area contributed by atoms with Crippen LogP contribution in [0.15, 0.2) is 24.3 Å². The number of benzene rings is 1. The summed E-state index contributed by atoms with van der Waals surface area (Å²) in [4.78, 5) is 10.2. The lowest BCUT2D eigenvalue weighted by molar-refractivity contribution is -0.136. The van der Waals surface area contributed by atoms with E-state index in [4.69, 9.17) is 10.8 Å². The number of hydrogen-bond donors (Lipinski definition) is 3. The highest BCUT2D eigenvalue weighted by atomic mass is 16.4. The molecule has 0 aliphatic heterocycles. The lowest BCUT2D eigenvalue weighted by Crippen LogP contribution is -2.17. The third-order valence-electron chi connectivity index (χ3n) is 1.82. The van der Waals surface area contributed by atoms with Gasteiger partial charge in [0.1, 0.15) is 0 Å². The molecule has 0 saturated carbocycles. The minimum Gasteiger partial charge on any atom is -0.481 e. The molecule has 0 fully saturated rings. The predicted molar refractivity (Wildman–Crippen MR) is 54.8 cm³/mol. The smallest absolute Gasteiger partial charge is 0.304 e. The Bertz CT molecular complexity index is 295. The Labute approximate surface area is 82.7 Å². The quantitative estimate of drug-likeness (QED) is 0.479. The van der Waals surface area contributed by atoms with Crippen molar-refractivity contribution in [3.8, 4) is 0 Å². The molecule has 76 valence electrons. The molecule has 1 aromatic rings. The summed E-state index contributed by atoms with van der Waals surface area (Å²) in [6.07, 6.45) is 0.148. The van der Waals surface area contributed by atoms with E-state index in [0.717, 1.165) is 11.3 Å². The molecule has 0 atom stereocenters. The molecule has 0 unspecified atom stereocenters. The zero-order valence-corrected chi connectivity index (χ0v) is 7.86. The minimum atomic E-state index is -0.783. The summed E-state index contributed by atoms with van der Waals surface area (Å²) in [5.74, 6) is -0.783. The van der Waals surface area contributed by atoms with Gasteiger partial charge in [0.25, 0.3) is 0 Å². The van der Waals surface area contributed by atoms with Gasteiger partial charge < -0.3 is 16.2 Å². The molecular weight excluding hydrogens is 180 g/mol. The number of nitrogen functional groups attached to an aromatic ring is 1. The van der Waals surface area contributed by atoms with Gasteiger partial charge in [-0.25, -0.2) is 0 Å². The van der Waals surface area contributed by atoms with Crippen molar-refractivity contribution in [3.05, 3.63) is 29.8 Å². The molecule has 0 spiro atoms. The van der Waals surface area contributed by atoms with Gasteiger partial charge in [0.05, 0.1) is 6.42 Å². The van der Waals surface area contributed by atoms with Gasteiger partial charge in [0.15, 0.2) is 0 Å². The van der Waals surface area contributed by atoms with Gasteiger partial charge in [-0.05, 0) is 17.7 Å². The van der Waals surface area contributed by atoms with Crippen LogP contribution in [0.2, 0.25) is 0 Å². The maximum atomic E-state index is 10.2. The third kappa shape index (κ3) is 3.91. The second-order valence-corrected chi connectivity index (χ2v) is 3.06. The molecular formula is C10H14N2O2. The van der Waals surface area contributed by atoms with Crippen LogP contribution in [0.1, 0.15) is 12.0 Å². The van der Waals surface area contributed by atoms with Crippen LogP contribution in [0.3, 0.4) is 0 Å². The molecule has 0 aliphatic rings. The molecule has 1 rings (SSSR count). The van der Waals surface area contributed by atoms with Crippen LogP contribution in [0.4, 0.5) is 5.69 Å². The first kappa shape index (κ1) is 10.5. The van der Waals surface area contributed by atoms with Crippen molar-refractivity contribution in [2.75, 3.05) is 12.3 Å². The van der Waals surface area contributed by atoms with Gasteiger partial charge in [-0.3, -0.25) is 4.79 Å². The fourth-order valence-electron chi connectivity index (χ4n) is 1.06. The first-order chi connectivity index (χ1) is 6.68. The maximum absolute atomic E-state index is 10.2. The zero-order chi connectivity index (χ0) is 10.4. The second kappa shape index (κ2) is 5.24. The van der Waals surface area contributed by atoms with E-state index >= 15 is 0 Å². The SMILES string of the molecule is Nc1ccc(CNCCC(=O)O)cc1. The molecule has 4 nitrogen and oxygen atoms in total. The van der Waals surface area contributed by atoms with Crippen LogP contribution in [0.5, 0.6) is 0 Å². The summed E-state index contributed by atoms with van der Waals surface area (Å²) in [6, 6.07) is 7.49. The summed E-state index contributed by atoms with van der Waals surface area (Å²) in [6.45, 7) is 1.16. The Hall–Kier alpha value is -1.55. The monoisotopic (exact) mass is 194 g/mol. The highest BCUT2D eigenvalue weighted by Gasteiger charge is 1.96. The van der Waals surface area contributed by atoms with E-state index in [1.165, 1.54) is 0 Å². The van der Waals surface area contributed by atoms with Crippen molar-refractivity contribution in [1.29, 1.82) is 0 Å². The Morgan fingerprint density at radius 2 is 2.00 bits per heavy atom. The molecule has 1 aromatic carbocycles. The normalized spacial score (nSPS) is 10.0. The third-order valence-corrected chi connectivity index (χ3v) is 1.82. The number of carbonyl (C=O) groups is 1. The van der Waals surface area contributed by atoms with Gasteiger partial charge in [0, 0.05) is 18.8 Å². The average Bonchev–Trinajstić information content (AvgIpc) is 2.15. The van der Waals surface area contributed by atoms with Crippen LogP contribution in [0.25, 0.3) is 0 Å². The van der Waals surface area contributed by atoms with Crippen molar-refractivity contribution in [2.24, 2.45) is 0 Å². The van der Waals surface area contributed by atoms with Crippen molar-refractivity contribution < 1.29 is 9.90 Å². The van der Waals surface area contributed by atoms with Crippen LogP contribution in [-0.2, 0) is 11.3 Å². The Kier molecular flexibility index (Phi) is 3.94. The van der Waals surface area contributed by atoms with E-state index in [0.29, 0.717) is 13.1 Å². The standard InChI is InChI=1S/C10H14N2O2/c11-9-3-1-8(2-4-9)7-12-6-5-10(13)14/h1-4,12H,5-7,11H2,(H,13,14).